The molecule has 2 aromatic carbocycles. The zero-order valence-corrected chi connectivity index (χ0v) is 15.0. The molecule has 0 spiro atoms. The number of halogens is 1. The molecule has 0 aliphatic carbocycles. The number of rotatable bonds is 6. The summed E-state index contributed by atoms with van der Waals surface area (Å²) in [7, 11) is 0. The molecule has 1 aliphatic rings. The molecular weight excluding hydrogens is 365 g/mol. The summed E-state index contributed by atoms with van der Waals surface area (Å²) < 4.78 is 19.1. The van der Waals surface area contributed by atoms with Crippen molar-refractivity contribution in [2.75, 3.05) is 18.5 Å². The van der Waals surface area contributed by atoms with Crippen LogP contribution in [-0.4, -0.2) is 36.9 Å². The molecule has 0 aromatic heterocycles. The molecule has 1 unspecified atom stereocenters. The van der Waals surface area contributed by atoms with Crippen LogP contribution in [-0.2, 0) is 9.59 Å². The van der Waals surface area contributed by atoms with E-state index < -0.39 is 11.7 Å². The Bertz CT molecular complexity index is 877. The molecule has 1 heterocycles. The summed E-state index contributed by atoms with van der Waals surface area (Å²) in [6.07, 6.45) is 0.922. The fourth-order valence-corrected chi connectivity index (χ4v) is 2.79. The Balaban J connectivity index is 1.59. The lowest BCUT2D eigenvalue weighted by atomic mass is 10.1. The first-order valence-electron chi connectivity index (χ1n) is 8.86. The van der Waals surface area contributed by atoms with Gasteiger partial charge >= 0.3 is 0 Å². The van der Waals surface area contributed by atoms with Crippen LogP contribution >= 0.6 is 0 Å². The van der Waals surface area contributed by atoms with Gasteiger partial charge in [-0.1, -0.05) is 24.3 Å². The Kier molecular flexibility index (Phi) is 6.21. The number of carbonyl (C=O) groups excluding carboxylic acids is 3. The van der Waals surface area contributed by atoms with E-state index in [1.54, 1.807) is 30.3 Å². The van der Waals surface area contributed by atoms with Crippen molar-refractivity contribution >= 4 is 23.4 Å². The van der Waals surface area contributed by atoms with Crippen LogP contribution in [0.4, 0.5) is 10.1 Å². The van der Waals surface area contributed by atoms with Crippen LogP contribution in [0.15, 0.2) is 48.5 Å². The summed E-state index contributed by atoms with van der Waals surface area (Å²) in [5.41, 5.74) is 0.333. The Morgan fingerprint density at radius 1 is 1.14 bits per heavy atom. The molecule has 1 aliphatic heterocycles. The van der Waals surface area contributed by atoms with Crippen LogP contribution in [0.5, 0.6) is 5.75 Å². The normalized spacial score (nSPS) is 16.0. The van der Waals surface area contributed by atoms with Gasteiger partial charge in [0.05, 0.1) is 11.3 Å². The molecule has 1 fully saturated rings. The molecule has 3 amide bonds. The Morgan fingerprint density at radius 3 is 2.64 bits per heavy atom. The van der Waals surface area contributed by atoms with Crippen LogP contribution in [0.2, 0.25) is 0 Å². The lowest BCUT2D eigenvalue weighted by molar-refractivity contribution is -0.122. The largest absolute Gasteiger partial charge is 0.483 e. The highest BCUT2D eigenvalue weighted by Gasteiger charge is 2.22. The lowest BCUT2D eigenvalue weighted by Crippen LogP contribution is -2.47. The van der Waals surface area contributed by atoms with Crippen LogP contribution in [0.3, 0.4) is 0 Å². The number of benzene rings is 2. The van der Waals surface area contributed by atoms with Gasteiger partial charge in [-0.25, -0.2) is 4.39 Å². The van der Waals surface area contributed by atoms with E-state index >= 15 is 0 Å². The average Bonchev–Trinajstić information content (AvgIpc) is 2.70. The third-order valence-corrected chi connectivity index (χ3v) is 4.24. The second kappa shape index (κ2) is 8.98. The first-order chi connectivity index (χ1) is 13.5. The van der Waals surface area contributed by atoms with Gasteiger partial charge in [0.1, 0.15) is 11.6 Å². The van der Waals surface area contributed by atoms with Crippen LogP contribution in [0.1, 0.15) is 23.2 Å². The quantitative estimate of drug-likeness (QED) is 0.707. The summed E-state index contributed by atoms with van der Waals surface area (Å²) in [4.78, 5) is 35.8. The van der Waals surface area contributed by atoms with E-state index in [9.17, 15) is 18.8 Å². The number of ether oxygens (including phenoxy) is 1. The van der Waals surface area contributed by atoms with E-state index in [4.69, 9.17) is 4.74 Å². The van der Waals surface area contributed by atoms with E-state index in [1.807, 2.05) is 0 Å². The minimum atomic E-state index is -0.546. The van der Waals surface area contributed by atoms with Crippen molar-refractivity contribution in [3.05, 3.63) is 59.9 Å². The topological polar surface area (TPSA) is 96.5 Å². The number of carbonyl (C=O) groups is 3. The van der Waals surface area contributed by atoms with E-state index in [2.05, 4.69) is 16.0 Å². The molecule has 1 atom stereocenters. The molecule has 146 valence electrons. The number of hydrogen-bond donors (Lipinski definition) is 3. The van der Waals surface area contributed by atoms with Crippen molar-refractivity contribution in [1.29, 1.82) is 0 Å². The van der Waals surface area contributed by atoms with Crippen LogP contribution in [0, 0.1) is 5.82 Å². The number of nitrogens with one attached hydrogen (secondary N) is 3. The van der Waals surface area contributed by atoms with Crippen LogP contribution < -0.4 is 20.7 Å². The van der Waals surface area contributed by atoms with Crippen molar-refractivity contribution < 1.29 is 23.5 Å². The molecule has 3 N–H and O–H groups in total. The number of amides is 3. The first kappa shape index (κ1) is 19.3. The molecule has 28 heavy (non-hydrogen) atoms. The smallest absolute Gasteiger partial charge is 0.262 e. The van der Waals surface area contributed by atoms with E-state index in [0.717, 1.165) is 0 Å². The second-order valence-corrected chi connectivity index (χ2v) is 6.33. The molecule has 3 rings (SSSR count). The van der Waals surface area contributed by atoms with Gasteiger partial charge in [-0.2, -0.15) is 0 Å². The van der Waals surface area contributed by atoms with Gasteiger partial charge in [-0.05, 0) is 30.7 Å². The fourth-order valence-electron chi connectivity index (χ4n) is 2.79. The number of piperidine rings is 1. The molecule has 8 heteroatoms. The number of para-hydroxylation sites is 2. The number of anilines is 1. The zero-order chi connectivity index (χ0) is 19.9. The lowest BCUT2D eigenvalue weighted by Gasteiger charge is -2.23. The fraction of sp³-hybridized carbons (Fsp3) is 0.250. The predicted octanol–water partition coefficient (Wildman–Crippen LogP) is 1.85. The summed E-state index contributed by atoms with van der Waals surface area (Å²) in [5, 5.41) is 7.97. The van der Waals surface area contributed by atoms with Crippen molar-refractivity contribution in [1.82, 2.24) is 10.6 Å². The summed E-state index contributed by atoms with van der Waals surface area (Å²) in [6, 6.07) is 12.2. The van der Waals surface area contributed by atoms with E-state index in [1.165, 1.54) is 18.2 Å². The molecular formula is C20H20FN3O4. The minimum absolute atomic E-state index is 0.0323. The van der Waals surface area contributed by atoms with Gasteiger partial charge in [-0.3, -0.25) is 14.4 Å². The molecule has 2 aromatic rings. The summed E-state index contributed by atoms with van der Waals surface area (Å²) in [5.74, 6) is -1.24. The van der Waals surface area contributed by atoms with Gasteiger partial charge < -0.3 is 20.7 Å². The summed E-state index contributed by atoms with van der Waals surface area (Å²) >= 11 is 0. The van der Waals surface area contributed by atoms with Gasteiger partial charge in [-0.15, -0.1) is 0 Å². The van der Waals surface area contributed by atoms with Crippen molar-refractivity contribution in [2.45, 2.75) is 18.9 Å². The highest BCUT2D eigenvalue weighted by atomic mass is 19.1. The van der Waals surface area contributed by atoms with Gasteiger partial charge in [0, 0.05) is 19.0 Å². The Hall–Kier alpha value is -3.42. The standard InChI is InChI=1S/C20H20FN3O4/c21-15-6-2-3-7-16(15)24-19(26)12-28-17-8-4-1-5-14(17)20(27)23-13-9-10-18(25)22-11-13/h1-8,13H,9-12H2,(H,22,25)(H,23,27)(H,24,26). The van der Waals surface area contributed by atoms with E-state index in [-0.39, 0.29) is 41.5 Å². The van der Waals surface area contributed by atoms with Gasteiger partial charge in [0.25, 0.3) is 11.8 Å². The van der Waals surface area contributed by atoms with E-state index in [0.29, 0.717) is 19.4 Å². The highest BCUT2D eigenvalue weighted by Crippen LogP contribution is 2.19. The highest BCUT2D eigenvalue weighted by molar-refractivity contribution is 5.97. The van der Waals surface area contributed by atoms with Crippen LogP contribution in [0.25, 0.3) is 0 Å². The third-order valence-electron chi connectivity index (χ3n) is 4.24. The molecule has 0 radical (unpaired) electrons. The van der Waals surface area contributed by atoms with Crippen molar-refractivity contribution in [2.24, 2.45) is 0 Å². The predicted molar refractivity (Wildman–Crippen MR) is 100 cm³/mol. The Morgan fingerprint density at radius 2 is 1.89 bits per heavy atom. The average molecular weight is 385 g/mol. The molecule has 0 saturated carbocycles. The van der Waals surface area contributed by atoms with Gasteiger partial charge in [0.2, 0.25) is 5.91 Å². The minimum Gasteiger partial charge on any atom is -0.483 e. The van der Waals surface area contributed by atoms with Gasteiger partial charge in [0.15, 0.2) is 6.61 Å². The molecule has 1 saturated heterocycles. The maximum absolute atomic E-state index is 13.6. The maximum atomic E-state index is 13.6. The third kappa shape index (κ3) is 5.06. The first-order valence-corrected chi connectivity index (χ1v) is 8.86. The van der Waals surface area contributed by atoms with Crippen molar-refractivity contribution in [3.8, 4) is 5.75 Å². The zero-order valence-electron chi connectivity index (χ0n) is 15.0. The Labute approximate surface area is 161 Å². The monoisotopic (exact) mass is 385 g/mol. The number of hydrogen-bond acceptors (Lipinski definition) is 4. The molecule has 7 nitrogen and oxygen atoms in total. The van der Waals surface area contributed by atoms with Crippen molar-refractivity contribution in [3.63, 3.8) is 0 Å². The maximum Gasteiger partial charge on any atom is 0.262 e. The second-order valence-electron chi connectivity index (χ2n) is 6.33. The summed E-state index contributed by atoms with van der Waals surface area (Å²) in [6.45, 7) is -0.00322. The molecule has 0 bridgehead atoms. The SMILES string of the molecule is O=C1CCC(NC(=O)c2ccccc2OCC(=O)Nc2ccccc2F)CN1.